The minimum absolute atomic E-state index is 0.226. The van der Waals surface area contributed by atoms with E-state index in [-0.39, 0.29) is 5.69 Å². The summed E-state index contributed by atoms with van der Waals surface area (Å²) in [5.41, 5.74) is 6.02. The van der Waals surface area contributed by atoms with Gasteiger partial charge < -0.3 is 14.1 Å². The molecule has 0 unspecified atom stereocenters. The molecule has 0 spiro atoms. The fourth-order valence-electron chi connectivity index (χ4n) is 7.59. The summed E-state index contributed by atoms with van der Waals surface area (Å²) < 4.78 is 9.17. The minimum atomic E-state index is -0.977. The van der Waals surface area contributed by atoms with Crippen LogP contribution in [-0.4, -0.2) is 40.8 Å². The van der Waals surface area contributed by atoms with Crippen LogP contribution in [0.1, 0.15) is 70.4 Å². The Bertz CT molecular complexity index is 2500. The zero-order valence-corrected chi connectivity index (χ0v) is 32.1. The molecule has 8 aromatic rings. The summed E-state index contributed by atoms with van der Waals surface area (Å²) in [6.07, 6.45) is 3.82. The normalized spacial score (nSPS) is 11.7. The van der Waals surface area contributed by atoms with Crippen molar-refractivity contribution in [3.8, 4) is 22.7 Å². The standard InChI is InChI=1S/C45H39BrN6O3/c1-3-4-8-25-39-47-30(2)41(44(53)54)51(39)29-31-26-27-38-37(28-31)40(46)42(55-38)35-23-15-16-24-36(35)43-48-50-52(49-43)45(32-17-9-5-10-18-32,33-19-11-6-12-20-33)34-21-13-7-14-22-34/h5-7,9-24,26-28H,3-4,8,25,29H2,1-2H3,(H,53,54). The maximum atomic E-state index is 12.3. The summed E-state index contributed by atoms with van der Waals surface area (Å²) in [4.78, 5) is 18.7. The Hall–Kier alpha value is -6.13. The maximum Gasteiger partial charge on any atom is 0.354 e. The zero-order chi connectivity index (χ0) is 37.9. The van der Waals surface area contributed by atoms with Crippen molar-refractivity contribution in [2.24, 2.45) is 0 Å². The van der Waals surface area contributed by atoms with Gasteiger partial charge in [0.05, 0.1) is 10.2 Å². The van der Waals surface area contributed by atoms with Gasteiger partial charge >= 0.3 is 5.97 Å². The number of furan rings is 1. The van der Waals surface area contributed by atoms with E-state index < -0.39 is 11.5 Å². The van der Waals surface area contributed by atoms with Gasteiger partial charge in [-0.05, 0) is 68.9 Å². The molecule has 0 bridgehead atoms. The molecule has 1 N–H and O–H groups in total. The number of benzene rings is 5. The molecular formula is C45H39BrN6O3. The minimum Gasteiger partial charge on any atom is -0.477 e. The number of carbonyl (C=O) groups is 1. The molecule has 10 heteroatoms. The molecule has 0 saturated carbocycles. The third-order valence-corrected chi connectivity index (χ3v) is 10.9. The smallest absolute Gasteiger partial charge is 0.354 e. The number of aromatic nitrogens is 6. The first kappa shape index (κ1) is 35.9. The molecule has 0 fully saturated rings. The molecule has 3 aromatic heterocycles. The van der Waals surface area contributed by atoms with Crippen LogP contribution in [0.4, 0.5) is 0 Å². The fourth-order valence-corrected chi connectivity index (χ4v) is 8.19. The topological polar surface area (TPSA) is 112 Å². The van der Waals surface area contributed by atoms with E-state index in [9.17, 15) is 9.90 Å². The average molecular weight is 792 g/mol. The third-order valence-electron chi connectivity index (χ3n) is 10.2. The summed E-state index contributed by atoms with van der Waals surface area (Å²) >= 11 is 3.87. The lowest BCUT2D eigenvalue weighted by molar-refractivity contribution is 0.0684. The largest absolute Gasteiger partial charge is 0.477 e. The summed E-state index contributed by atoms with van der Waals surface area (Å²) in [7, 11) is 0. The predicted octanol–water partition coefficient (Wildman–Crippen LogP) is 10.3. The van der Waals surface area contributed by atoms with E-state index in [1.54, 1.807) is 11.7 Å². The summed E-state index contributed by atoms with van der Waals surface area (Å²) in [5.74, 6) is 0.892. The number of rotatable bonds is 13. The molecular weight excluding hydrogens is 752 g/mol. The van der Waals surface area contributed by atoms with Gasteiger partial charge in [0.15, 0.2) is 11.2 Å². The molecule has 0 radical (unpaired) electrons. The van der Waals surface area contributed by atoms with Crippen molar-refractivity contribution in [1.82, 2.24) is 29.8 Å². The zero-order valence-electron chi connectivity index (χ0n) is 30.6. The number of carboxylic acids is 1. The van der Waals surface area contributed by atoms with Crippen LogP contribution in [0.5, 0.6) is 0 Å². The number of halogens is 1. The van der Waals surface area contributed by atoms with Crippen LogP contribution in [0.25, 0.3) is 33.7 Å². The number of hydrogen-bond acceptors (Lipinski definition) is 6. The van der Waals surface area contributed by atoms with E-state index >= 15 is 0 Å². The highest BCUT2D eigenvalue weighted by atomic mass is 79.9. The van der Waals surface area contributed by atoms with Crippen LogP contribution in [0, 0.1) is 6.92 Å². The monoisotopic (exact) mass is 790 g/mol. The van der Waals surface area contributed by atoms with Crippen molar-refractivity contribution in [1.29, 1.82) is 0 Å². The number of carboxylic acid groups (broad SMARTS) is 1. The van der Waals surface area contributed by atoms with Gasteiger partial charge in [0.25, 0.3) is 0 Å². The molecule has 0 saturated heterocycles. The Labute approximate surface area is 327 Å². The number of nitrogens with zero attached hydrogens (tertiary/aromatic N) is 6. The van der Waals surface area contributed by atoms with Crippen LogP contribution in [0.3, 0.4) is 0 Å². The lowest BCUT2D eigenvalue weighted by atomic mass is 9.77. The Kier molecular flexibility index (Phi) is 9.99. The molecule has 9 nitrogen and oxygen atoms in total. The summed E-state index contributed by atoms with van der Waals surface area (Å²) in [5, 5.41) is 25.6. The van der Waals surface area contributed by atoms with E-state index in [1.807, 2.05) is 102 Å². The average Bonchev–Trinajstić information content (AvgIpc) is 3.92. The number of hydrogen-bond donors (Lipinski definition) is 1. The van der Waals surface area contributed by atoms with Crippen molar-refractivity contribution < 1.29 is 14.3 Å². The predicted molar refractivity (Wildman–Crippen MR) is 217 cm³/mol. The van der Waals surface area contributed by atoms with Gasteiger partial charge in [-0.25, -0.2) is 9.78 Å². The van der Waals surface area contributed by atoms with E-state index in [0.29, 0.717) is 29.4 Å². The van der Waals surface area contributed by atoms with Gasteiger partial charge in [-0.15, -0.1) is 15.0 Å². The molecule has 274 valence electrons. The van der Waals surface area contributed by atoms with Crippen molar-refractivity contribution in [3.05, 3.63) is 177 Å². The van der Waals surface area contributed by atoms with E-state index in [1.165, 1.54) is 0 Å². The number of fused-ring (bicyclic) bond motifs is 1. The quantitative estimate of drug-likeness (QED) is 0.0914. The van der Waals surface area contributed by atoms with Crippen molar-refractivity contribution >= 4 is 32.9 Å². The maximum absolute atomic E-state index is 12.3. The fraction of sp³-hybridized carbons (Fsp3) is 0.178. The first-order valence-corrected chi connectivity index (χ1v) is 19.3. The molecule has 0 aliphatic heterocycles. The van der Waals surface area contributed by atoms with Crippen LogP contribution in [0.2, 0.25) is 0 Å². The molecule has 8 rings (SSSR count). The second kappa shape index (κ2) is 15.3. The number of aryl methyl sites for hydroxylation is 2. The first-order chi connectivity index (χ1) is 26.9. The van der Waals surface area contributed by atoms with E-state index in [4.69, 9.17) is 19.8 Å². The molecule has 0 atom stereocenters. The highest BCUT2D eigenvalue weighted by Crippen LogP contribution is 2.43. The van der Waals surface area contributed by atoms with Crippen LogP contribution in [-0.2, 0) is 18.5 Å². The summed E-state index contributed by atoms with van der Waals surface area (Å²) in [6, 6.07) is 44.6. The van der Waals surface area contributed by atoms with Gasteiger partial charge in [-0.3, -0.25) is 0 Å². The molecule has 0 aliphatic rings. The first-order valence-electron chi connectivity index (χ1n) is 18.5. The number of tetrazole rings is 1. The highest BCUT2D eigenvalue weighted by Gasteiger charge is 2.41. The Morgan fingerprint density at radius 3 is 2.00 bits per heavy atom. The SMILES string of the molecule is CCCCCc1nc(C)c(C(=O)O)n1Cc1ccc2oc(-c3ccccc3-c3nnn(C(c4ccccc4)(c4ccccc4)c4ccccc4)n3)c(Br)c2c1. The van der Waals surface area contributed by atoms with Crippen LogP contribution >= 0.6 is 15.9 Å². The number of unbranched alkanes of at least 4 members (excludes halogenated alkanes) is 2. The number of imidazole rings is 1. The van der Waals surface area contributed by atoms with Gasteiger partial charge in [0.1, 0.15) is 17.2 Å². The molecule has 5 aromatic carbocycles. The third kappa shape index (κ3) is 6.56. The van der Waals surface area contributed by atoms with Gasteiger partial charge in [-0.2, -0.15) is 0 Å². The Morgan fingerprint density at radius 2 is 1.40 bits per heavy atom. The molecule has 3 heterocycles. The Morgan fingerprint density at radius 1 is 0.800 bits per heavy atom. The second-order valence-corrected chi connectivity index (χ2v) is 14.4. The molecule has 0 aliphatic carbocycles. The van der Waals surface area contributed by atoms with Crippen LogP contribution in [0.15, 0.2) is 142 Å². The van der Waals surface area contributed by atoms with Gasteiger partial charge in [0.2, 0.25) is 5.82 Å². The van der Waals surface area contributed by atoms with Crippen molar-refractivity contribution in [3.63, 3.8) is 0 Å². The summed E-state index contributed by atoms with van der Waals surface area (Å²) in [6.45, 7) is 4.29. The van der Waals surface area contributed by atoms with Crippen molar-refractivity contribution in [2.45, 2.75) is 51.6 Å². The van der Waals surface area contributed by atoms with E-state index in [2.05, 4.69) is 64.2 Å². The van der Waals surface area contributed by atoms with Crippen molar-refractivity contribution in [2.75, 3.05) is 0 Å². The molecule has 0 amide bonds. The Balaban J connectivity index is 1.21. The van der Waals surface area contributed by atoms with E-state index in [0.717, 1.165) is 74.7 Å². The number of aromatic carboxylic acids is 1. The van der Waals surface area contributed by atoms with Crippen LogP contribution < -0.4 is 0 Å². The second-order valence-electron chi connectivity index (χ2n) is 13.6. The van der Waals surface area contributed by atoms with Gasteiger partial charge in [0, 0.05) is 29.5 Å². The lowest BCUT2D eigenvalue weighted by Crippen LogP contribution is -2.39. The molecule has 55 heavy (non-hydrogen) atoms. The lowest BCUT2D eigenvalue weighted by Gasteiger charge is -2.34. The highest BCUT2D eigenvalue weighted by molar-refractivity contribution is 9.10. The van der Waals surface area contributed by atoms with Gasteiger partial charge in [-0.1, -0.05) is 141 Å².